The highest BCUT2D eigenvalue weighted by atomic mass is 16.4. The quantitative estimate of drug-likeness (QED) is 0.724. The molecule has 0 aliphatic heterocycles. The number of benzene rings is 1. The van der Waals surface area contributed by atoms with E-state index in [4.69, 9.17) is 10.2 Å². The Morgan fingerprint density at radius 1 is 1.47 bits per heavy atom. The molecular formula is C13H14N4O2. The molecule has 6 heteroatoms. The Morgan fingerprint density at radius 2 is 2.26 bits per heavy atom. The van der Waals surface area contributed by atoms with Gasteiger partial charge in [-0.2, -0.15) is 0 Å². The smallest absolute Gasteiger partial charge is 0.408 e. The number of hydrogen-bond acceptors (Lipinski definition) is 4. The second-order valence-electron chi connectivity index (χ2n) is 4.45. The number of rotatable bonds is 2. The first-order valence-electron chi connectivity index (χ1n) is 5.95. The SMILES string of the molecule is Cc1nc(CN)n(C)c1-c1ccc2oc(=O)[nH]c2c1. The Morgan fingerprint density at radius 3 is 2.95 bits per heavy atom. The molecule has 0 unspecified atom stereocenters. The number of aromatic amines is 1. The number of oxazole rings is 1. The standard InChI is InChI=1S/C13H14N4O2/c1-7-12(17(2)11(6-14)15-7)8-3-4-10-9(5-8)16-13(18)19-10/h3-5H,6,14H2,1-2H3,(H,16,18). The summed E-state index contributed by atoms with van der Waals surface area (Å²) in [7, 11) is 1.93. The van der Waals surface area contributed by atoms with E-state index in [1.54, 1.807) is 6.07 Å². The van der Waals surface area contributed by atoms with Crippen LogP contribution < -0.4 is 11.5 Å². The summed E-state index contributed by atoms with van der Waals surface area (Å²) in [5.41, 5.74) is 9.76. The Balaban J connectivity index is 2.23. The van der Waals surface area contributed by atoms with Gasteiger partial charge in [0.15, 0.2) is 5.58 Å². The van der Waals surface area contributed by atoms with Gasteiger partial charge in [0, 0.05) is 12.6 Å². The minimum absolute atomic E-state index is 0.391. The number of aryl methyl sites for hydroxylation is 1. The molecule has 0 aliphatic carbocycles. The van der Waals surface area contributed by atoms with Crippen molar-refractivity contribution in [3.05, 3.63) is 40.3 Å². The van der Waals surface area contributed by atoms with Gasteiger partial charge < -0.3 is 14.7 Å². The first-order chi connectivity index (χ1) is 9.10. The summed E-state index contributed by atoms with van der Waals surface area (Å²) in [5.74, 6) is 0.379. The Hall–Kier alpha value is -2.34. The second kappa shape index (κ2) is 4.10. The van der Waals surface area contributed by atoms with E-state index in [1.807, 2.05) is 30.7 Å². The van der Waals surface area contributed by atoms with Crippen LogP contribution in [0.1, 0.15) is 11.5 Å². The molecule has 19 heavy (non-hydrogen) atoms. The van der Waals surface area contributed by atoms with E-state index in [0.717, 1.165) is 22.8 Å². The monoisotopic (exact) mass is 258 g/mol. The lowest BCUT2D eigenvalue weighted by Gasteiger charge is -2.05. The van der Waals surface area contributed by atoms with Crippen LogP contribution in [0.25, 0.3) is 22.4 Å². The molecule has 0 fully saturated rings. The van der Waals surface area contributed by atoms with E-state index in [0.29, 0.717) is 17.6 Å². The van der Waals surface area contributed by atoms with Crippen LogP contribution in [-0.2, 0) is 13.6 Å². The molecule has 2 aromatic heterocycles. The van der Waals surface area contributed by atoms with Gasteiger partial charge in [0.25, 0.3) is 0 Å². The summed E-state index contributed by atoms with van der Waals surface area (Å²) in [5, 5.41) is 0. The lowest BCUT2D eigenvalue weighted by molar-refractivity contribution is 0.555. The van der Waals surface area contributed by atoms with Gasteiger partial charge in [0.2, 0.25) is 0 Å². The first kappa shape index (κ1) is 11.7. The largest absolute Gasteiger partial charge is 0.417 e. The molecule has 0 radical (unpaired) electrons. The molecular weight excluding hydrogens is 244 g/mol. The molecule has 3 aromatic rings. The molecule has 0 bridgehead atoms. The lowest BCUT2D eigenvalue weighted by atomic mass is 10.1. The van der Waals surface area contributed by atoms with Gasteiger partial charge in [0.05, 0.1) is 23.4 Å². The zero-order chi connectivity index (χ0) is 13.6. The fourth-order valence-corrected chi connectivity index (χ4v) is 2.38. The molecule has 1 aromatic carbocycles. The molecule has 0 saturated heterocycles. The summed E-state index contributed by atoms with van der Waals surface area (Å²) >= 11 is 0. The van der Waals surface area contributed by atoms with E-state index in [1.165, 1.54) is 0 Å². The fraction of sp³-hybridized carbons (Fsp3) is 0.231. The van der Waals surface area contributed by atoms with E-state index < -0.39 is 5.76 Å². The Bertz CT molecular complexity index is 810. The zero-order valence-corrected chi connectivity index (χ0v) is 10.7. The number of nitrogens with zero attached hydrogens (tertiary/aromatic N) is 2. The normalized spacial score (nSPS) is 11.3. The molecule has 3 N–H and O–H groups in total. The average Bonchev–Trinajstić information content (AvgIpc) is 2.87. The molecule has 0 saturated carbocycles. The zero-order valence-electron chi connectivity index (χ0n) is 10.7. The van der Waals surface area contributed by atoms with E-state index in [2.05, 4.69) is 9.97 Å². The van der Waals surface area contributed by atoms with Crippen molar-refractivity contribution in [3.8, 4) is 11.3 Å². The van der Waals surface area contributed by atoms with Crippen LogP contribution >= 0.6 is 0 Å². The molecule has 6 nitrogen and oxygen atoms in total. The highest BCUT2D eigenvalue weighted by Crippen LogP contribution is 2.26. The number of nitrogens with two attached hydrogens (primary N) is 1. The van der Waals surface area contributed by atoms with Gasteiger partial charge in [0.1, 0.15) is 5.82 Å². The number of hydrogen-bond donors (Lipinski definition) is 2. The van der Waals surface area contributed by atoms with Crippen LogP contribution in [0, 0.1) is 6.92 Å². The van der Waals surface area contributed by atoms with Gasteiger partial charge in [-0.1, -0.05) is 0 Å². The summed E-state index contributed by atoms with van der Waals surface area (Å²) in [6, 6.07) is 5.56. The van der Waals surface area contributed by atoms with Crippen LogP contribution in [-0.4, -0.2) is 14.5 Å². The third kappa shape index (κ3) is 1.77. The van der Waals surface area contributed by atoms with Gasteiger partial charge in [-0.05, 0) is 25.1 Å². The number of fused-ring (bicyclic) bond motifs is 1. The molecule has 3 rings (SSSR count). The summed E-state index contributed by atoms with van der Waals surface area (Å²) in [4.78, 5) is 18.2. The van der Waals surface area contributed by atoms with Crippen LogP contribution in [0.4, 0.5) is 0 Å². The highest BCUT2D eigenvalue weighted by molar-refractivity contribution is 5.79. The maximum absolute atomic E-state index is 11.2. The highest BCUT2D eigenvalue weighted by Gasteiger charge is 2.13. The van der Waals surface area contributed by atoms with Gasteiger partial charge in [-0.25, -0.2) is 9.78 Å². The molecule has 2 heterocycles. The van der Waals surface area contributed by atoms with Crippen molar-refractivity contribution in [1.29, 1.82) is 0 Å². The van der Waals surface area contributed by atoms with Crippen molar-refractivity contribution in [2.45, 2.75) is 13.5 Å². The second-order valence-corrected chi connectivity index (χ2v) is 4.45. The van der Waals surface area contributed by atoms with Crippen molar-refractivity contribution >= 4 is 11.1 Å². The van der Waals surface area contributed by atoms with Crippen LogP contribution in [0.5, 0.6) is 0 Å². The number of aromatic nitrogens is 3. The Kier molecular flexibility index (Phi) is 2.53. The molecule has 0 aliphatic rings. The minimum atomic E-state index is -0.448. The fourth-order valence-electron chi connectivity index (χ4n) is 2.38. The van der Waals surface area contributed by atoms with Crippen LogP contribution in [0.3, 0.4) is 0 Å². The molecule has 0 atom stereocenters. The Labute approximate surface area is 108 Å². The first-order valence-corrected chi connectivity index (χ1v) is 5.95. The van der Waals surface area contributed by atoms with Crippen molar-refractivity contribution in [1.82, 2.24) is 14.5 Å². The predicted molar refractivity (Wildman–Crippen MR) is 71.7 cm³/mol. The topological polar surface area (TPSA) is 89.8 Å². The lowest BCUT2D eigenvalue weighted by Crippen LogP contribution is -2.05. The van der Waals surface area contributed by atoms with Crippen molar-refractivity contribution in [2.24, 2.45) is 12.8 Å². The molecule has 0 spiro atoms. The maximum atomic E-state index is 11.2. The summed E-state index contributed by atoms with van der Waals surface area (Å²) in [6.07, 6.45) is 0. The van der Waals surface area contributed by atoms with E-state index in [-0.39, 0.29) is 0 Å². The van der Waals surface area contributed by atoms with E-state index in [9.17, 15) is 4.79 Å². The average molecular weight is 258 g/mol. The van der Waals surface area contributed by atoms with Crippen LogP contribution in [0.2, 0.25) is 0 Å². The van der Waals surface area contributed by atoms with Crippen molar-refractivity contribution < 1.29 is 4.42 Å². The van der Waals surface area contributed by atoms with Crippen molar-refractivity contribution in [3.63, 3.8) is 0 Å². The van der Waals surface area contributed by atoms with Crippen molar-refractivity contribution in [2.75, 3.05) is 0 Å². The molecule has 0 amide bonds. The summed E-state index contributed by atoms with van der Waals surface area (Å²) < 4.78 is 6.96. The van der Waals surface area contributed by atoms with Crippen LogP contribution in [0.15, 0.2) is 27.4 Å². The minimum Gasteiger partial charge on any atom is -0.408 e. The van der Waals surface area contributed by atoms with Gasteiger partial charge in [-0.3, -0.25) is 4.98 Å². The number of H-pyrrole nitrogens is 1. The number of imidazole rings is 1. The predicted octanol–water partition coefficient (Wildman–Crippen LogP) is 1.29. The van der Waals surface area contributed by atoms with Gasteiger partial charge in [-0.15, -0.1) is 0 Å². The maximum Gasteiger partial charge on any atom is 0.417 e. The molecule has 98 valence electrons. The third-order valence-corrected chi connectivity index (χ3v) is 3.24. The summed E-state index contributed by atoms with van der Waals surface area (Å²) in [6.45, 7) is 2.33. The van der Waals surface area contributed by atoms with E-state index >= 15 is 0 Å². The third-order valence-electron chi connectivity index (χ3n) is 3.24. The van der Waals surface area contributed by atoms with Gasteiger partial charge >= 0.3 is 5.76 Å². The number of nitrogens with one attached hydrogen (secondary N) is 1.